The summed E-state index contributed by atoms with van der Waals surface area (Å²) < 4.78 is 7.47. The van der Waals surface area contributed by atoms with Gasteiger partial charge in [-0.25, -0.2) is 4.98 Å². The number of aromatic nitrogens is 2. The fourth-order valence-corrected chi connectivity index (χ4v) is 6.60. The van der Waals surface area contributed by atoms with Crippen molar-refractivity contribution < 1.29 is 19.7 Å². The van der Waals surface area contributed by atoms with E-state index in [9.17, 15) is 19.8 Å². The molecule has 9 heteroatoms. The van der Waals surface area contributed by atoms with Crippen LogP contribution in [0.25, 0.3) is 10.2 Å². The number of benzene rings is 1. The first-order chi connectivity index (χ1) is 15.5. The Morgan fingerprint density at radius 1 is 1.22 bits per heavy atom. The van der Waals surface area contributed by atoms with Gasteiger partial charge in [0.05, 0.1) is 23.8 Å². The first-order valence-corrected chi connectivity index (χ1v) is 12.7. The zero-order chi connectivity index (χ0) is 22.2. The van der Waals surface area contributed by atoms with E-state index >= 15 is 0 Å². The number of ether oxygens (including phenoxy) is 1. The van der Waals surface area contributed by atoms with Crippen molar-refractivity contribution in [2.45, 2.75) is 56.3 Å². The number of Topliss-reactive ketones (excluding diaryl/α,β-unsaturated/α-hetero) is 1. The zero-order valence-corrected chi connectivity index (χ0v) is 19.1. The molecule has 32 heavy (non-hydrogen) atoms. The summed E-state index contributed by atoms with van der Waals surface area (Å²) in [5, 5.41) is 20.4. The van der Waals surface area contributed by atoms with Crippen molar-refractivity contribution >= 4 is 39.1 Å². The predicted octanol–water partition coefficient (Wildman–Crippen LogP) is 3.90. The fourth-order valence-electron chi connectivity index (χ4n) is 4.39. The Hall–Kier alpha value is -2.36. The average molecular weight is 473 g/mol. The van der Waals surface area contributed by atoms with Crippen LogP contribution in [0.2, 0.25) is 0 Å². The first kappa shape index (κ1) is 21.5. The second-order valence-corrected chi connectivity index (χ2v) is 10.3. The molecule has 1 aliphatic carbocycles. The van der Waals surface area contributed by atoms with E-state index in [0.29, 0.717) is 23.9 Å². The largest absolute Gasteiger partial charge is 0.504 e. The van der Waals surface area contributed by atoms with E-state index in [1.165, 1.54) is 34.8 Å². The number of phenols is 2. The highest BCUT2D eigenvalue weighted by Crippen LogP contribution is 2.35. The van der Waals surface area contributed by atoms with Crippen LogP contribution in [0.3, 0.4) is 0 Å². The van der Waals surface area contributed by atoms with Gasteiger partial charge in [-0.15, -0.1) is 11.3 Å². The van der Waals surface area contributed by atoms with E-state index in [2.05, 4.69) is 0 Å². The monoisotopic (exact) mass is 472 g/mol. The Morgan fingerprint density at radius 3 is 2.84 bits per heavy atom. The summed E-state index contributed by atoms with van der Waals surface area (Å²) in [6.07, 6.45) is 6.00. The smallest absolute Gasteiger partial charge is 0.263 e. The number of thioether (sulfide) groups is 1. The molecule has 1 aromatic carbocycles. The molecule has 3 heterocycles. The average Bonchev–Trinajstić information content (AvgIpc) is 3.43. The van der Waals surface area contributed by atoms with Gasteiger partial charge in [-0.3, -0.25) is 14.2 Å². The minimum Gasteiger partial charge on any atom is -0.504 e. The summed E-state index contributed by atoms with van der Waals surface area (Å²) in [4.78, 5) is 33.1. The molecule has 1 atom stereocenters. The van der Waals surface area contributed by atoms with Gasteiger partial charge in [0.15, 0.2) is 22.4 Å². The van der Waals surface area contributed by atoms with Crippen LogP contribution >= 0.6 is 23.1 Å². The number of rotatable bonds is 6. The minimum atomic E-state index is -0.333. The molecule has 0 radical (unpaired) electrons. The Kier molecular flexibility index (Phi) is 5.96. The Balaban J connectivity index is 1.49. The molecule has 0 saturated carbocycles. The van der Waals surface area contributed by atoms with Gasteiger partial charge in [-0.1, -0.05) is 11.8 Å². The minimum absolute atomic E-state index is 0.0227. The number of aromatic hydroxyl groups is 2. The van der Waals surface area contributed by atoms with Crippen LogP contribution in [0.15, 0.2) is 28.2 Å². The van der Waals surface area contributed by atoms with Crippen LogP contribution in [0.1, 0.15) is 46.5 Å². The Labute approximate surface area is 193 Å². The molecule has 0 spiro atoms. The number of aryl methyl sites for hydroxylation is 2. The summed E-state index contributed by atoms with van der Waals surface area (Å²) in [5.74, 6) is -0.749. The summed E-state index contributed by atoms with van der Waals surface area (Å²) in [7, 11) is 0. The molecular formula is C23H24N2O5S2. The van der Waals surface area contributed by atoms with E-state index in [0.717, 1.165) is 54.3 Å². The van der Waals surface area contributed by atoms with E-state index in [4.69, 9.17) is 9.72 Å². The molecule has 1 saturated heterocycles. The third-order valence-corrected chi connectivity index (χ3v) is 8.24. The van der Waals surface area contributed by atoms with Gasteiger partial charge in [0, 0.05) is 17.0 Å². The molecule has 1 fully saturated rings. The fraction of sp³-hybridized carbons (Fsp3) is 0.435. The number of hydrogen-bond acceptors (Lipinski definition) is 8. The topological polar surface area (TPSA) is 102 Å². The lowest BCUT2D eigenvalue weighted by Crippen LogP contribution is -2.29. The lowest BCUT2D eigenvalue weighted by atomic mass is 9.97. The normalized spacial score (nSPS) is 18.2. The molecule has 7 nitrogen and oxygen atoms in total. The zero-order valence-electron chi connectivity index (χ0n) is 17.5. The van der Waals surface area contributed by atoms with Gasteiger partial charge < -0.3 is 14.9 Å². The molecule has 2 aliphatic rings. The number of carbonyl (C=O) groups is 1. The van der Waals surface area contributed by atoms with Crippen LogP contribution < -0.4 is 5.56 Å². The van der Waals surface area contributed by atoms with Crippen molar-refractivity contribution in [3.05, 3.63) is 44.6 Å². The summed E-state index contributed by atoms with van der Waals surface area (Å²) in [5.41, 5.74) is 1.41. The number of fused-ring (bicyclic) bond motifs is 3. The molecule has 1 aliphatic heterocycles. The number of thiophene rings is 1. The molecular weight excluding hydrogens is 448 g/mol. The molecule has 3 aromatic rings. The summed E-state index contributed by atoms with van der Waals surface area (Å²) in [6, 6.07) is 4.02. The van der Waals surface area contributed by atoms with Gasteiger partial charge in [0.2, 0.25) is 0 Å². The SMILES string of the molecule is O=C(CSc1nc2sc3c(c2c(=O)n1CC1CCCO1)CCCC3)c1ccc(O)c(O)c1. The lowest BCUT2D eigenvalue weighted by Gasteiger charge is -2.16. The number of ketones is 1. The van der Waals surface area contributed by atoms with Gasteiger partial charge in [-0.2, -0.15) is 0 Å². The Bertz CT molecular complexity index is 1240. The van der Waals surface area contributed by atoms with Crippen LogP contribution in [0, 0.1) is 0 Å². The Morgan fingerprint density at radius 2 is 2.06 bits per heavy atom. The van der Waals surface area contributed by atoms with Crippen LogP contribution in [-0.2, 0) is 24.1 Å². The maximum absolute atomic E-state index is 13.6. The van der Waals surface area contributed by atoms with E-state index < -0.39 is 0 Å². The van der Waals surface area contributed by atoms with Crippen molar-refractivity contribution in [1.29, 1.82) is 0 Å². The molecule has 5 rings (SSSR count). The number of hydrogen-bond donors (Lipinski definition) is 2. The molecule has 2 N–H and O–H groups in total. The lowest BCUT2D eigenvalue weighted by molar-refractivity contribution is 0.0937. The van der Waals surface area contributed by atoms with Gasteiger partial charge in [0.1, 0.15) is 4.83 Å². The number of nitrogens with zero attached hydrogens (tertiary/aromatic N) is 2. The van der Waals surface area contributed by atoms with Gasteiger partial charge in [-0.05, 0) is 62.3 Å². The van der Waals surface area contributed by atoms with Crippen molar-refractivity contribution in [3.8, 4) is 11.5 Å². The van der Waals surface area contributed by atoms with Crippen LogP contribution in [0.4, 0.5) is 0 Å². The first-order valence-electron chi connectivity index (χ1n) is 10.9. The summed E-state index contributed by atoms with van der Waals surface area (Å²) >= 11 is 2.83. The maximum atomic E-state index is 13.6. The summed E-state index contributed by atoms with van der Waals surface area (Å²) in [6.45, 7) is 1.14. The van der Waals surface area contributed by atoms with Crippen molar-refractivity contribution in [3.63, 3.8) is 0 Å². The highest BCUT2D eigenvalue weighted by Gasteiger charge is 2.25. The highest BCUT2D eigenvalue weighted by molar-refractivity contribution is 7.99. The second-order valence-electron chi connectivity index (χ2n) is 8.25. The van der Waals surface area contributed by atoms with Crippen LogP contribution in [0.5, 0.6) is 11.5 Å². The van der Waals surface area contributed by atoms with Crippen molar-refractivity contribution in [1.82, 2.24) is 9.55 Å². The molecule has 2 aromatic heterocycles. The van der Waals surface area contributed by atoms with Crippen molar-refractivity contribution in [2.75, 3.05) is 12.4 Å². The predicted molar refractivity (Wildman–Crippen MR) is 124 cm³/mol. The highest BCUT2D eigenvalue weighted by atomic mass is 32.2. The molecule has 168 valence electrons. The van der Waals surface area contributed by atoms with E-state index in [1.807, 2.05) is 0 Å². The van der Waals surface area contributed by atoms with E-state index in [1.54, 1.807) is 15.9 Å². The van der Waals surface area contributed by atoms with Gasteiger partial charge in [0.25, 0.3) is 5.56 Å². The molecule has 0 bridgehead atoms. The number of carbonyl (C=O) groups excluding carboxylic acids is 1. The third-order valence-electron chi connectivity index (χ3n) is 6.08. The number of phenolic OH excluding ortho intramolecular Hbond substituents is 2. The molecule has 0 amide bonds. The molecule has 1 unspecified atom stereocenters. The second kappa shape index (κ2) is 8.88. The third kappa shape index (κ3) is 4.04. The van der Waals surface area contributed by atoms with Gasteiger partial charge >= 0.3 is 0 Å². The van der Waals surface area contributed by atoms with Crippen molar-refractivity contribution in [2.24, 2.45) is 0 Å². The maximum Gasteiger partial charge on any atom is 0.263 e. The van der Waals surface area contributed by atoms with Crippen LogP contribution in [-0.4, -0.2) is 44.0 Å². The quantitative estimate of drug-likeness (QED) is 0.243. The standard InChI is InChI=1S/C23H24N2O5S2/c26-16-8-7-13(10-17(16)27)18(28)12-31-23-24-21-20(15-5-1-2-6-19(15)32-21)22(29)25(23)11-14-4-3-9-30-14/h7-8,10,14,26-27H,1-6,9,11-12H2. The van der Waals surface area contributed by atoms with E-state index in [-0.39, 0.29) is 34.7 Å².